The van der Waals surface area contributed by atoms with E-state index in [-0.39, 0.29) is 17.9 Å². The fourth-order valence-corrected chi connectivity index (χ4v) is 2.58. The Morgan fingerprint density at radius 2 is 1.76 bits per heavy atom. The first-order valence-electron chi connectivity index (χ1n) is 7.86. The molecule has 2 aromatic carbocycles. The molecule has 2 rings (SSSR count). The number of amides is 1. The maximum Gasteiger partial charge on any atom is 0.336 e. The molecule has 2 N–H and O–H groups in total. The van der Waals surface area contributed by atoms with E-state index in [1.54, 1.807) is 19.9 Å². The van der Waals surface area contributed by atoms with Gasteiger partial charge in [0, 0.05) is 12.1 Å². The molecule has 6 heteroatoms. The first-order chi connectivity index (χ1) is 11.8. The molecule has 0 bridgehead atoms. The third-order valence-electron chi connectivity index (χ3n) is 3.93. The number of hydrogen-bond donors (Lipinski definition) is 2. The molecule has 0 saturated heterocycles. The zero-order valence-corrected chi connectivity index (χ0v) is 14.0. The van der Waals surface area contributed by atoms with E-state index < -0.39 is 17.6 Å². The highest BCUT2D eigenvalue weighted by molar-refractivity contribution is 5.95. The Morgan fingerprint density at radius 3 is 2.40 bits per heavy atom. The van der Waals surface area contributed by atoms with Crippen LogP contribution in [0.5, 0.6) is 0 Å². The van der Waals surface area contributed by atoms with Crippen molar-refractivity contribution >= 4 is 17.6 Å². The number of rotatable bonds is 6. The summed E-state index contributed by atoms with van der Waals surface area (Å²) in [6, 6.07) is 6.82. The summed E-state index contributed by atoms with van der Waals surface area (Å²) >= 11 is 0. The van der Waals surface area contributed by atoms with Gasteiger partial charge in [-0.3, -0.25) is 4.79 Å². The Labute approximate surface area is 144 Å². The van der Waals surface area contributed by atoms with Crippen LogP contribution in [-0.4, -0.2) is 17.0 Å². The second kappa shape index (κ2) is 7.88. The zero-order valence-electron chi connectivity index (χ0n) is 14.0. The Bertz CT molecular complexity index is 819. The quantitative estimate of drug-likeness (QED) is 0.821. The predicted molar refractivity (Wildman–Crippen MR) is 90.8 cm³/mol. The summed E-state index contributed by atoms with van der Waals surface area (Å²) in [5, 5.41) is 11.9. The summed E-state index contributed by atoms with van der Waals surface area (Å²) in [7, 11) is 0. The van der Waals surface area contributed by atoms with Crippen LogP contribution in [0.1, 0.15) is 39.9 Å². The van der Waals surface area contributed by atoms with Crippen LogP contribution in [0.15, 0.2) is 30.3 Å². The Hall–Kier alpha value is -2.76. The Kier molecular flexibility index (Phi) is 5.85. The van der Waals surface area contributed by atoms with Gasteiger partial charge in [-0.05, 0) is 61.6 Å². The molecule has 0 spiro atoms. The number of aromatic carboxylic acids is 1. The van der Waals surface area contributed by atoms with Crippen LogP contribution in [0.25, 0.3) is 0 Å². The number of carboxylic acids is 1. The van der Waals surface area contributed by atoms with Gasteiger partial charge in [-0.1, -0.05) is 12.1 Å². The highest BCUT2D eigenvalue weighted by Gasteiger charge is 2.12. The molecule has 0 heterocycles. The molecule has 0 fully saturated rings. The number of carboxylic acid groups (broad SMARTS) is 1. The number of nitrogens with one attached hydrogen (secondary N) is 1. The van der Waals surface area contributed by atoms with Crippen LogP contribution in [0.2, 0.25) is 0 Å². The lowest BCUT2D eigenvalue weighted by Gasteiger charge is -2.11. The summed E-state index contributed by atoms with van der Waals surface area (Å²) < 4.78 is 26.0. The van der Waals surface area contributed by atoms with Crippen LogP contribution >= 0.6 is 0 Å². The molecule has 0 unspecified atom stereocenters. The van der Waals surface area contributed by atoms with Gasteiger partial charge in [0.25, 0.3) is 0 Å². The van der Waals surface area contributed by atoms with Crippen molar-refractivity contribution in [2.24, 2.45) is 0 Å². The largest absolute Gasteiger partial charge is 0.478 e. The van der Waals surface area contributed by atoms with E-state index >= 15 is 0 Å². The van der Waals surface area contributed by atoms with E-state index in [9.17, 15) is 18.4 Å². The number of benzene rings is 2. The van der Waals surface area contributed by atoms with Crippen molar-refractivity contribution in [1.82, 2.24) is 0 Å². The van der Waals surface area contributed by atoms with Gasteiger partial charge < -0.3 is 10.4 Å². The average Bonchev–Trinajstić information content (AvgIpc) is 2.53. The van der Waals surface area contributed by atoms with Gasteiger partial charge in [0.2, 0.25) is 5.91 Å². The van der Waals surface area contributed by atoms with Gasteiger partial charge in [0.05, 0.1) is 5.56 Å². The number of halogens is 2. The topological polar surface area (TPSA) is 66.4 Å². The lowest BCUT2D eigenvalue weighted by Crippen LogP contribution is -2.13. The van der Waals surface area contributed by atoms with Crippen LogP contribution in [0.4, 0.5) is 14.5 Å². The highest BCUT2D eigenvalue weighted by atomic mass is 19.2. The molecular formula is C19H19F2NO3. The number of carbonyl (C=O) groups is 2. The molecule has 25 heavy (non-hydrogen) atoms. The van der Waals surface area contributed by atoms with Gasteiger partial charge in [-0.2, -0.15) is 0 Å². The van der Waals surface area contributed by atoms with Gasteiger partial charge in [-0.25, -0.2) is 13.6 Å². The number of carbonyl (C=O) groups excluding carboxylic acids is 1. The average molecular weight is 347 g/mol. The first kappa shape index (κ1) is 18.6. The van der Waals surface area contributed by atoms with Gasteiger partial charge in [0.1, 0.15) is 0 Å². The van der Waals surface area contributed by atoms with Gasteiger partial charge in [-0.15, -0.1) is 0 Å². The number of anilines is 1. The third kappa shape index (κ3) is 4.86. The molecule has 132 valence electrons. The normalized spacial score (nSPS) is 10.6. The summed E-state index contributed by atoms with van der Waals surface area (Å²) in [5.74, 6) is -3.11. The van der Waals surface area contributed by atoms with E-state index in [2.05, 4.69) is 5.32 Å². The maximum absolute atomic E-state index is 13.1. The molecule has 4 nitrogen and oxygen atoms in total. The Morgan fingerprint density at radius 1 is 1.04 bits per heavy atom. The summed E-state index contributed by atoms with van der Waals surface area (Å²) in [6.45, 7) is 3.49. The minimum atomic E-state index is -1.05. The minimum absolute atomic E-state index is 0.141. The lowest BCUT2D eigenvalue weighted by atomic mass is 10.0. The summed E-state index contributed by atoms with van der Waals surface area (Å²) in [6.07, 6.45) is 1.10. The van der Waals surface area contributed by atoms with E-state index in [1.807, 2.05) is 0 Å². The van der Waals surface area contributed by atoms with Crippen molar-refractivity contribution in [3.05, 3.63) is 64.2 Å². The van der Waals surface area contributed by atoms with E-state index in [1.165, 1.54) is 12.1 Å². The Balaban J connectivity index is 1.95. The van der Waals surface area contributed by atoms with Crippen molar-refractivity contribution in [3.63, 3.8) is 0 Å². The van der Waals surface area contributed by atoms with Crippen molar-refractivity contribution in [1.29, 1.82) is 0 Å². The summed E-state index contributed by atoms with van der Waals surface area (Å²) in [5.41, 5.74) is 2.62. The van der Waals surface area contributed by atoms with Crippen molar-refractivity contribution in [2.45, 2.75) is 33.1 Å². The molecule has 0 saturated carbocycles. The minimum Gasteiger partial charge on any atom is -0.478 e. The van der Waals surface area contributed by atoms with Crippen molar-refractivity contribution in [2.75, 3.05) is 5.32 Å². The van der Waals surface area contributed by atoms with Crippen LogP contribution in [0.3, 0.4) is 0 Å². The maximum atomic E-state index is 13.1. The predicted octanol–water partition coefficient (Wildman–Crippen LogP) is 4.24. The first-order valence-corrected chi connectivity index (χ1v) is 7.86. The van der Waals surface area contributed by atoms with E-state index in [4.69, 9.17) is 5.11 Å². The molecule has 0 aromatic heterocycles. The molecule has 0 aliphatic rings. The SMILES string of the molecule is Cc1cc(C)c(C(=O)O)cc1NC(=O)CCCc1ccc(F)c(F)c1. The molecule has 1 amide bonds. The third-order valence-corrected chi connectivity index (χ3v) is 3.93. The zero-order chi connectivity index (χ0) is 18.6. The fourth-order valence-electron chi connectivity index (χ4n) is 2.58. The smallest absolute Gasteiger partial charge is 0.336 e. The second-order valence-electron chi connectivity index (χ2n) is 5.94. The molecule has 0 radical (unpaired) electrons. The molecule has 2 aromatic rings. The van der Waals surface area contributed by atoms with E-state index in [0.717, 1.165) is 17.7 Å². The van der Waals surface area contributed by atoms with Crippen LogP contribution < -0.4 is 5.32 Å². The number of aryl methyl sites for hydroxylation is 3. The molecule has 0 atom stereocenters. The monoisotopic (exact) mass is 347 g/mol. The van der Waals surface area contributed by atoms with Crippen molar-refractivity contribution < 1.29 is 23.5 Å². The molecule has 0 aliphatic heterocycles. The van der Waals surface area contributed by atoms with Crippen molar-refractivity contribution in [3.8, 4) is 0 Å². The molecule has 0 aliphatic carbocycles. The fraction of sp³-hybridized carbons (Fsp3) is 0.263. The standard InChI is InChI=1S/C19H19F2NO3/c1-11-8-12(2)17(10-14(11)19(24)25)22-18(23)5-3-4-13-6-7-15(20)16(21)9-13/h6-10H,3-5H2,1-2H3,(H,22,23)(H,24,25). The highest BCUT2D eigenvalue weighted by Crippen LogP contribution is 2.21. The van der Waals surface area contributed by atoms with E-state index in [0.29, 0.717) is 29.7 Å². The van der Waals surface area contributed by atoms with Gasteiger partial charge in [0.15, 0.2) is 11.6 Å². The number of hydrogen-bond acceptors (Lipinski definition) is 2. The molecular weight excluding hydrogens is 328 g/mol. The lowest BCUT2D eigenvalue weighted by molar-refractivity contribution is -0.116. The van der Waals surface area contributed by atoms with Crippen LogP contribution in [-0.2, 0) is 11.2 Å². The summed E-state index contributed by atoms with van der Waals surface area (Å²) in [4.78, 5) is 23.2. The van der Waals surface area contributed by atoms with Crippen LogP contribution in [0, 0.1) is 25.5 Å². The second-order valence-corrected chi connectivity index (χ2v) is 5.94. The van der Waals surface area contributed by atoms with Gasteiger partial charge >= 0.3 is 5.97 Å².